The van der Waals surface area contributed by atoms with Gasteiger partial charge in [-0.15, -0.1) is 0 Å². The fraction of sp³-hybridized carbons (Fsp3) is 0.500. The van der Waals surface area contributed by atoms with Crippen molar-refractivity contribution in [2.45, 2.75) is 39.8 Å². The van der Waals surface area contributed by atoms with Gasteiger partial charge in [-0.3, -0.25) is 14.9 Å². The van der Waals surface area contributed by atoms with Crippen LogP contribution in [0.5, 0.6) is 0 Å². The average Bonchev–Trinajstić information content (AvgIpc) is 2.35. The average molecular weight is 279 g/mol. The van der Waals surface area contributed by atoms with Crippen molar-refractivity contribution in [2.75, 3.05) is 0 Å². The highest BCUT2D eigenvalue weighted by atomic mass is 16.6. The third kappa shape index (κ3) is 4.31. The lowest BCUT2D eigenvalue weighted by Crippen LogP contribution is -2.41. The SMILES string of the molecule is Cc1c(CNC(=O)C(N)CC(C)C)cccc1[N+](=O)[O-]. The number of carbonyl (C=O) groups excluding carboxylic acids is 1. The Hall–Kier alpha value is -1.95. The highest BCUT2D eigenvalue weighted by molar-refractivity contribution is 5.81. The molecule has 0 aliphatic rings. The van der Waals surface area contributed by atoms with E-state index < -0.39 is 11.0 Å². The molecule has 0 radical (unpaired) electrons. The van der Waals surface area contributed by atoms with Gasteiger partial charge in [0.05, 0.1) is 11.0 Å². The van der Waals surface area contributed by atoms with E-state index in [1.807, 2.05) is 13.8 Å². The summed E-state index contributed by atoms with van der Waals surface area (Å²) in [5, 5.41) is 13.6. The number of nitrogens with two attached hydrogens (primary N) is 1. The molecule has 1 unspecified atom stereocenters. The highest BCUT2D eigenvalue weighted by Gasteiger charge is 2.17. The predicted octanol–water partition coefficient (Wildman–Crippen LogP) is 1.89. The van der Waals surface area contributed by atoms with Crippen LogP contribution in [0.2, 0.25) is 0 Å². The van der Waals surface area contributed by atoms with Crippen LogP contribution in [0.15, 0.2) is 18.2 Å². The van der Waals surface area contributed by atoms with Gasteiger partial charge in [-0.05, 0) is 24.8 Å². The van der Waals surface area contributed by atoms with Crippen LogP contribution in [0.3, 0.4) is 0 Å². The maximum Gasteiger partial charge on any atom is 0.272 e. The van der Waals surface area contributed by atoms with E-state index in [1.165, 1.54) is 6.07 Å². The van der Waals surface area contributed by atoms with Crippen LogP contribution in [0.1, 0.15) is 31.4 Å². The van der Waals surface area contributed by atoms with Crippen LogP contribution in [-0.2, 0) is 11.3 Å². The van der Waals surface area contributed by atoms with Gasteiger partial charge in [0.15, 0.2) is 0 Å². The first-order valence-corrected chi connectivity index (χ1v) is 6.59. The van der Waals surface area contributed by atoms with E-state index in [2.05, 4.69) is 5.32 Å². The number of carbonyl (C=O) groups is 1. The second kappa shape index (κ2) is 7.00. The molecule has 0 aliphatic heterocycles. The molecule has 0 saturated carbocycles. The van der Waals surface area contributed by atoms with Gasteiger partial charge in [0.2, 0.25) is 5.91 Å². The second-order valence-electron chi connectivity index (χ2n) is 5.27. The minimum Gasteiger partial charge on any atom is -0.351 e. The molecular weight excluding hydrogens is 258 g/mol. The quantitative estimate of drug-likeness (QED) is 0.613. The van der Waals surface area contributed by atoms with Crippen LogP contribution in [0, 0.1) is 23.0 Å². The molecule has 20 heavy (non-hydrogen) atoms. The van der Waals surface area contributed by atoms with Crippen LogP contribution >= 0.6 is 0 Å². The first-order chi connectivity index (χ1) is 9.32. The Kier molecular flexibility index (Phi) is 5.64. The zero-order valence-electron chi connectivity index (χ0n) is 12.1. The minimum absolute atomic E-state index is 0.0585. The molecule has 6 heteroatoms. The number of nitrogens with zero attached hydrogens (tertiary/aromatic N) is 1. The van der Waals surface area contributed by atoms with Crippen molar-refractivity contribution < 1.29 is 9.72 Å². The van der Waals surface area contributed by atoms with Crippen LogP contribution in [-0.4, -0.2) is 16.9 Å². The Bertz CT molecular complexity index is 500. The number of hydrogen-bond donors (Lipinski definition) is 2. The number of benzene rings is 1. The molecule has 1 atom stereocenters. The minimum atomic E-state index is -0.547. The molecule has 1 aromatic rings. The molecule has 3 N–H and O–H groups in total. The summed E-state index contributed by atoms with van der Waals surface area (Å²) in [4.78, 5) is 22.2. The number of nitrogens with one attached hydrogen (secondary N) is 1. The lowest BCUT2D eigenvalue weighted by atomic mass is 10.0. The molecule has 0 saturated heterocycles. The largest absolute Gasteiger partial charge is 0.351 e. The van der Waals surface area contributed by atoms with Crippen LogP contribution in [0.4, 0.5) is 5.69 Å². The molecule has 0 spiro atoms. The topological polar surface area (TPSA) is 98.3 Å². The standard InChI is InChI=1S/C14H21N3O3/c1-9(2)7-12(15)14(18)16-8-11-5-4-6-13(10(11)3)17(19)20/h4-6,9,12H,7-8,15H2,1-3H3,(H,16,18). The molecule has 6 nitrogen and oxygen atoms in total. The maximum absolute atomic E-state index is 11.8. The molecule has 1 rings (SSSR count). The summed E-state index contributed by atoms with van der Waals surface area (Å²) < 4.78 is 0. The van der Waals surface area contributed by atoms with E-state index in [4.69, 9.17) is 5.73 Å². The Morgan fingerprint density at radius 1 is 1.45 bits per heavy atom. The first-order valence-electron chi connectivity index (χ1n) is 6.59. The number of hydrogen-bond acceptors (Lipinski definition) is 4. The molecule has 0 aliphatic carbocycles. The van der Waals surface area contributed by atoms with E-state index in [1.54, 1.807) is 19.1 Å². The molecule has 1 amide bonds. The lowest BCUT2D eigenvalue weighted by molar-refractivity contribution is -0.385. The van der Waals surface area contributed by atoms with Gasteiger partial charge in [0.25, 0.3) is 5.69 Å². The first kappa shape index (κ1) is 16.1. The second-order valence-corrected chi connectivity index (χ2v) is 5.27. The van der Waals surface area contributed by atoms with E-state index in [-0.39, 0.29) is 18.1 Å². The Morgan fingerprint density at radius 2 is 2.10 bits per heavy atom. The van der Waals surface area contributed by atoms with Crippen molar-refractivity contribution >= 4 is 11.6 Å². The van der Waals surface area contributed by atoms with Gasteiger partial charge in [-0.1, -0.05) is 26.0 Å². The fourth-order valence-electron chi connectivity index (χ4n) is 1.99. The molecule has 1 aromatic carbocycles. The van der Waals surface area contributed by atoms with Gasteiger partial charge in [0, 0.05) is 18.2 Å². The van der Waals surface area contributed by atoms with Gasteiger partial charge < -0.3 is 11.1 Å². The van der Waals surface area contributed by atoms with Gasteiger partial charge in [-0.2, -0.15) is 0 Å². The summed E-state index contributed by atoms with van der Waals surface area (Å²) in [5.74, 6) is 0.111. The molecule has 0 heterocycles. The summed E-state index contributed by atoms with van der Waals surface area (Å²) in [7, 11) is 0. The van der Waals surface area contributed by atoms with E-state index in [0.717, 1.165) is 5.56 Å². The molecule has 0 aromatic heterocycles. The third-order valence-corrected chi connectivity index (χ3v) is 3.13. The molecular formula is C14H21N3O3. The number of rotatable bonds is 6. The number of nitro groups is 1. The highest BCUT2D eigenvalue weighted by Crippen LogP contribution is 2.20. The zero-order valence-corrected chi connectivity index (χ0v) is 12.1. The summed E-state index contributed by atoms with van der Waals surface area (Å²) in [6, 6.07) is 4.27. The summed E-state index contributed by atoms with van der Waals surface area (Å²) in [5.41, 5.74) is 7.13. The monoisotopic (exact) mass is 279 g/mol. The van der Waals surface area contributed by atoms with Crippen molar-refractivity contribution in [3.8, 4) is 0 Å². The predicted molar refractivity (Wildman–Crippen MR) is 77.1 cm³/mol. The number of amides is 1. The fourth-order valence-corrected chi connectivity index (χ4v) is 1.99. The van der Waals surface area contributed by atoms with E-state index in [0.29, 0.717) is 17.9 Å². The van der Waals surface area contributed by atoms with Crippen LogP contribution in [0.25, 0.3) is 0 Å². The Balaban J connectivity index is 2.69. The summed E-state index contributed by atoms with van der Waals surface area (Å²) in [6.45, 7) is 5.92. The molecule has 110 valence electrons. The van der Waals surface area contributed by atoms with Gasteiger partial charge in [-0.25, -0.2) is 0 Å². The lowest BCUT2D eigenvalue weighted by Gasteiger charge is -2.14. The zero-order chi connectivity index (χ0) is 15.3. The molecule has 0 fully saturated rings. The van der Waals surface area contributed by atoms with Gasteiger partial charge >= 0.3 is 0 Å². The van der Waals surface area contributed by atoms with Crippen molar-refractivity contribution in [1.29, 1.82) is 0 Å². The van der Waals surface area contributed by atoms with Crippen molar-refractivity contribution in [3.05, 3.63) is 39.4 Å². The van der Waals surface area contributed by atoms with Crippen molar-refractivity contribution in [2.24, 2.45) is 11.7 Å². The van der Waals surface area contributed by atoms with E-state index in [9.17, 15) is 14.9 Å². The third-order valence-electron chi connectivity index (χ3n) is 3.13. The van der Waals surface area contributed by atoms with Crippen molar-refractivity contribution in [3.63, 3.8) is 0 Å². The summed E-state index contributed by atoms with van der Waals surface area (Å²) in [6.07, 6.45) is 0.611. The smallest absolute Gasteiger partial charge is 0.272 e. The van der Waals surface area contributed by atoms with Gasteiger partial charge in [0.1, 0.15) is 0 Å². The van der Waals surface area contributed by atoms with Crippen molar-refractivity contribution in [1.82, 2.24) is 5.32 Å². The summed E-state index contributed by atoms with van der Waals surface area (Å²) >= 11 is 0. The van der Waals surface area contributed by atoms with E-state index >= 15 is 0 Å². The Labute approximate surface area is 118 Å². The maximum atomic E-state index is 11.8. The normalized spacial score (nSPS) is 12.2. The Morgan fingerprint density at radius 3 is 2.65 bits per heavy atom. The van der Waals surface area contributed by atoms with Crippen LogP contribution < -0.4 is 11.1 Å². The number of nitro benzene ring substituents is 1. The molecule has 0 bridgehead atoms.